The first-order valence-corrected chi connectivity index (χ1v) is 7.99. The normalized spacial score (nSPS) is 18.0. The number of hydrogen-bond donors (Lipinski definition) is 1. The van der Waals surface area contributed by atoms with Gasteiger partial charge in [0.05, 0.1) is 12.3 Å². The maximum absolute atomic E-state index is 12.3. The van der Waals surface area contributed by atoms with Crippen molar-refractivity contribution in [2.45, 2.75) is 12.0 Å². The van der Waals surface area contributed by atoms with Crippen molar-refractivity contribution in [2.75, 3.05) is 7.11 Å². The number of H-pyrrole nitrogens is 1. The molecule has 13 nitrogen and oxygen atoms in total. The minimum absolute atomic E-state index is 0.0261. The van der Waals surface area contributed by atoms with Gasteiger partial charge in [0.25, 0.3) is 17.4 Å². The van der Waals surface area contributed by atoms with Gasteiger partial charge in [-0.1, -0.05) is 0 Å². The lowest BCUT2D eigenvalue weighted by Gasteiger charge is -2.18. The number of hydrogen-bond acceptors (Lipinski definition) is 9. The second-order valence-electron chi connectivity index (χ2n) is 6.19. The molecule has 1 N–H and O–H groups in total. The second-order valence-corrected chi connectivity index (χ2v) is 6.19. The summed E-state index contributed by atoms with van der Waals surface area (Å²) < 4.78 is 14.4. The lowest BCUT2D eigenvalue weighted by Crippen LogP contribution is -2.38. The van der Waals surface area contributed by atoms with E-state index in [9.17, 15) is 20.5 Å². The maximum Gasteiger partial charge on any atom is 0.304 e. The van der Waals surface area contributed by atoms with Crippen LogP contribution in [0.4, 0.5) is 0 Å². The van der Waals surface area contributed by atoms with Gasteiger partial charge in [-0.2, -0.15) is 0 Å². The van der Waals surface area contributed by atoms with Crippen LogP contribution in [0.25, 0.3) is 22.3 Å². The minimum Gasteiger partial charge on any atom is -0.497 e. The summed E-state index contributed by atoms with van der Waals surface area (Å²) >= 11 is 0. The van der Waals surface area contributed by atoms with Crippen molar-refractivity contribution in [1.82, 2.24) is 15.3 Å². The van der Waals surface area contributed by atoms with Gasteiger partial charge in [0.15, 0.2) is 0 Å². The van der Waals surface area contributed by atoms with Crippen LogP contribution in [0.5, 0.6) is 5.75 Å². The minimum atomic E-state index is -1.56. The fourth-order valence-electron chi connectivity index (χ4n) is 3.69. The number of nitro groups is 1. The van der Waals surface area contributed by atoms with E-state index in [0.29, 0.717) is 22.2 Å². The summed E-state index contributed by atoms with van der Waals surface area (Å²) in [7, 11) is 1.49. The van der Waals surface area contributed by atoms with E-state index >= 15 is 0 Å². The van der Waals surface area contributed by atoms with Crippen LogP contribution in [-0.4, -0.2) is 27.3 Å². The van der Waals surface area contributed by atoms with Gasteiger partial charge in [-0.15, -0.1) is 0 Å². The fourth-order valence-corrected chi connectivity index (χ4v) is 3.69. The van der Waals surface area contributed by atoms with Crippen LogP contribution in [0.1, 0.15) is 28.9 Å². The molecule has 0 spiro atoms. The Morgan fingerprint density at radius 1 is 1.25 bits per heavy atom. The Labute approximate surface area is 153 Å². The van der Waals surface area contributed by atoms with E-state index in [2.05, 4.69) is 24.6 Å². The number of aromatic nitrogens is 5. The molecule has 1 aliphatic carbocycles. The molecule has 5 rings (SSSR count). The highest BCUT2D eigenvalue weighted by molar-refractivity contribution is 5.86. The van der Waals surface area contributed by atoms with Gasteiger partial charge < -0.3 is 20.1 Å². The Bertz CT molecular complexity index is 1240. The highest BCUT2D eigenvalue weighted by Gasteiger charge is 2.57. The van der Waals surface area contributed by atoms with Crippen molar-refractivity contribution < 1.29 is 28.7 Å². The molecule has 0 aliphatic heterocycles. The van der Waals surface area contributed by atoms with E-state index in [0.717, 1.165) is 0 Å². The quantitative estimate of drug-likeness (QED) is 0.299. The predicted molar refractivity (Wildman–Crippen MR) is 86.3 cm³/mol. The summed E-state index contributed by atoms with van der Waals surface area (Å²) in [6.07, 6.45) is 1.55. The van der Waals surface area contributed by atoms with E-state index in [-0.39, 0.29) is 32.6 Å². The lowest BCUT2D eigenvalue weighted by atomic mass is 9.81. The lowest BCUT2D eigenvalue weighted by molar-refractivity contribution is -0.809. The Morgan fingerprint density at radius 2 is 2.04 bits per heavy atom. The van der Waals surface area contributed by atoms with Gasteiger partial charge in [0.1, 0.15) is 11.7 Å². The Kier molecular flexibility index (Phi) is 3.11. The maximum atomic E-state index is 12.3. The van der Waals surface area contributed by atoms with E-state index in [4.69, 9.17) is 4.74 Å². The summed E-state index contributed by atoms with van der Waals surface area (Å²) in [6.45, 7) is 0. The number of benzene rings is 1. The summed E-state index contributed by atoms with van der Waals surface area (Å²) in [4.78, 5) is 14.4. The van der Waals surface area contributed by atoms with Gasteiger partial charge in [-0.25, -0.2) is 0 Å². The summed E-state index contributed by atoms with van der Waals surface area (Å²) in [5.74, 6) is -0.603. The van der Waals surface area contributed by atoms with Crippen LogP contribution < -0.4 is 14.5 Å². The molecule has 0 radical (unpaired) electrons. The largest absolute Gasteiger partial charge is 0.497 e. The van der Waals surface area contributed by atoms with Crippen LogP contribution in [-0.2, 0) is 0 Å². The third kappa shape index (κ3) is 1.94. The Balaban J connectivity index is 1.83. The van der Waals surface area contributed by atoms with Gasteiger partial charge in [-0.05, 0) is 33.6 Å². The highest BCUT2D eigenvalue weighted by Crippen LogP contribution is 2.48. The number of fused-ring (bicyclic) bond motifs is 4. The molecule has 3 heterocycles. The molecule has 2 atom stereocenters. The van der Waals surface area contributed by atoms with E-state index < -0.39 is 16.9 Å². The van der Waals surface area contributed by atoms with Crippen molar-refractivity contribution in [3.05, 3.63) is 61.9 Å². The van der Waals surface area contributed by atoms with E-state index in [1.165, 1.54) is 7.11 Å². The van der Waals surface area contributed by atoms with Gasteiger partial charge in [-0.3, -0.25) is 19.4 Å². The standard InChI is InChI=1S/C15H10N6O7/c1-26-6-2-3-9-7(4-6)8(5-16-9)10-13(19(22)23)11-15(21(25)28-17-11)12-14(10)20(24)27-18-12/h2-5,10,13,16H,1H3. The summed E-state index contributed by atoms with van der Waals surface area (Å²) in [5.41, 5.74) is 0.230. The topological polar surface area (TPSA) is 174 Å². The average Bonchev–Trinajstić information content (AvgIpc) is 3.37. The SMILES string of the molecule is COc1ccc2[nH]cc(C3c4c(no[n+]4[O-])-c4c(no[n+]4[O-])C3[N+](=O)[O-])c2c1. The van der Waals surface area contributed by atoms with Gasteiger partial charge in [0, 0.05) is 27.2 Å². The zero-order valence-corrected chi connectivity index (χ0v) is 14.1. The van der Waals surface area contributed by atoms with Crippen molar-refractivity contribution >= 4 is 10.9 Å². The molecule has 0 bridgehead atoms. The van der Waals surface area contributed by atoms with Gasteiger partial charge >= 0.3 is 5.69 Å². The molecular weight excluding hydrogens is 376 g/mol. The number of rotatable bonds is 3. The molecule has 1 aromatic carbocycles. The molecule has 3 aromatic heterocycles. The predicted octanol–water partition coefficient (Wildman–Crippen LogP) is 0.550. The molecule has 4 aromatic rings. The first-order valence-electron chi connectivity index (χ1n) is 7.99. The number of aromatic amines is 1. The molecule has 0 amide bonds. The van der Waals surface area contributed by atoms with Crippen LogP contribution in [0.2, 0.25) is 0 Å². The molecule has 1 aliphatic rings. The second kappa shape index (κ2) is 5.42. The van der Waals surface area contributed by atoms with Crippen molar-refractivity contribution in [3.63, 3.8) is 0 Å². The van der Waals surface area contributed by atoms with Crippen molar-refractivity contribution in [3.8, 4) is 17.1 Å². The number of ether oxygens (including phenoxy) is 1. The third-order valence-corrected chi connectivity index (χ3v) is 4.88. The number of methoxy groups -OCH3 is 1. The molecule has 0 saturated carbocycles. The smallest absolute Gasteiger partial charge is 0.304 e. The summed E-state index contributed by atoms with van der Waals surface area (Å²) in [5, 5.41) is 43.9. The first-order chi connectivity index (χ1) is 13.5. The first kappa shape index (κ1) is 16.0. The number of nitrogens with zero attached hydrogens (tertiary/aromatic N) is 5. The molecule has 142 valence electrons. The Morgan fingerprint density at radius 3 is 2.79 bits per heavy atom. The molecule has 13 heteroatoms. The van der Waals surface area contributed by atoms with E-state index in [1.54, 1.807) is 24.4 Å². The average molecular weight is 386 g/mol. The van der Waals surface area contributed by atoms with E-state index in [1.807, 2.05) is 0 Å². The fraction of sp³-hybridized carbons (Fsp3) is 0.200. The third-order valence-electron chi connectivity index (χ3n) is 4.88. The zero-order chi connectivity index (χ0) is 19.6. The monoisotopic (exact) mass is 386 g/mol. The molecule has 28 heavy (non-hydrogen) atoms. The highest BCUT2D eigenvalue weighted by atomic mass is 16.8. The zero-order valence-electron chi connectivity index (χ0n) is 14.1. The molecule has 2 unspecified atom stereocenters. The molecule has 0 saturated heterocycles. The molecular formula is C15H10N6O7. The van der Waals surface area contributed by atoms with Crippen molar-refractivity contribution in [2.24, 2.45) is 0 Å². The summed E-state index contributed by atoms with van der Waals surface area (Å²) in [6, 6.07) is 3.59. The van der Waals surface area contributed by atoms with Crippen LogP contribution in [0, 0.1) is 20.5 Å². The van der Waals surface area contributed by atoms with Crippen molar-refractivity contribution in [1.29, 1.82) is 0 Å². The van der Waals surface area contributed by atoms with Crippen LogP contribution in [0.15, 0.2) is 33.7 Å². The molecule has 0 fully saturated rings. The number of nitrogens with one attached hydrogen (secondary N) is 1. The Hall–Kier alpha value is -4.16. The van der Waals surface area contributed by atoms with Crippen LogP contribution in [0.3, 0.4) is 0 Å². The van der Waals surface area contributed by atoms with Gasteiger partial charge in [0.2, 0.25) is 5.69 Å². The van der Waals surface area contributed by atoms with Crippen LogP contribution >= 0.6 is 0 Å².